The van der Waals surface area contributed by atoms with Gasteiger partial charge in [-0.05, 0) is 45.4 Å². The fourth-order valence-corrected chi connectivity index (χ4v) is 5.53. The average Bonchev–Trinajstić information content (AvgIpc) is 3.52. The summed E-state index contributed by atoms with van der Waals surface area (Å²) in [5.74, 6) is 2.01. The number of thiophene rings is 1. The number of aromatic nitrogens is 5. The molecule has 180 valence electrons. The van der Waals surface area contributed by atoms with Crippen LogP contribution in [0, 0.1) is 20.8 Å². The molecule has 0 amide bonds. The maximum Gasteiger partial charge on any atom is 0.308 e. The van der Waals surface area contributed by atoms with Crippen LogP contribution in [0.15, 0.2) is 41.5 Å². The van der Waals surface area contributed by atoms with Crippen molar-refractivity contribution in [1.29, 1.82) is 0 Å². The summed E-state index contributed by atoms with van der Waals surface area (Å²) in [6, 6.07) is 9.62. The molecule has 0 fully saturated rings. The van der Waals surface area contributed by atoms with E-state index < -0.39 is 6.04 Å². The second-order valence-electron chi connectivity index (χ2n) is 8.41. The molecule has 0 saturated carbocycles. The van der Waals surface area contributed by atoms with E-state index in [1.807, 2.05) is 34.4 Å². The fraction of sp³-hybridized carbons (Fsp3) is 0.320. The predicted molar refractivity (Wildman–Crippen MR) is 136 cm³/mol. The van der Waals surface area contributed by atoms with Gasteiger partial charge in [-0.25, -0.2) is 4.68 Å². The molecule has 35 heavy (non-hydrogen) atoms. The molecule has 0 spiro atoms. The Morgan fingerprint density at radius 3 is 2.63 bits per heavy atom. The summed E-state index contributed by atoms with van der Waals surface area (Å²) in [6.07, 6.45) is 1.87. The van der Waals surface area contributed by atoms with Crippen molar-refractivity contribution in [3.63, 3.8) is 0 Å². The van der Waals surface area contributed by atoms with Gasteiger partial charge in [0.1, 0.15) is 22.7 Å². The van der Waals surface area contributed by atoms with Crippen LogP contribution in [0.3, 0.4) is 0 Å². The molecule has 0 bridgehead atoms. The summed E-state index contributed by atoms with van der Waals surface area (Å²) in [6.45, 7) is 8.99. The summed E-state index contributed by atoms with van der Waals surface area (Å²) >= 11 is 1.69. The number of carbonyl (C=O) groups excluding carboxylic acids is 1. The van der Waals surface area contributed by atoms with Gasteiger partial charge in [-0.3, -0.25) is 14.4 Å². The van der Waals surface area contributed by atoms with Gasteiger partial charge in [0.05, 0.1) is 25.4 Å². The van der Waals surface area contributed by atoms with E-state index in [0.717, 1.165) is 51.3 Å². The minimum atomic E-state index is -0.505. The molecule has 9 nitrogen and oxygen atoms in total. The lowest BCUT2D eigenvalue weighted by atomic mass is 9.99. The average molecular weight is 490 g/mol. The van der Waals surface area contributed by atoms with Crippen molar-refractivity contribution in [2.75, 3.05) is 12.4 Å². The first-order chi connectivity index (χ1) is 16.9. The summed E-state index contributed by atoms with van der Waals surface area (Å²) in [4.78, 5) is 18.6. The molecule has 10 heteroatoms. The molecule has 1 aliphatic rings. The molecule has 5 rings (SSSR count). The summed E-state index contributed by atoms with van der Waals surface area (Å²) in [5, 5.41) is 17.5. The van der Waals surface area contributed by atoms with Gasteiger partial charge < -0.3 is 10.1 Å². The van der Waals surface area contributed by atoms with E-state index >= 15 is 0 Å². The number of nitrogens with one attached hydrogen (secondary N) is 1. The quantitative estimate of drug-likeness (QED) is 0.395. The fourth-order valence-electron chi connectivity index (χ4n) is 4.32. The molecular formula is C25H27N7O2S. The predicted octanol–water partition coefficient (Wildman–Crippen LogP) is 4.67. The van der Waals surface area contributed by atoms with Crippen LogP contribution < -0.4 is 5.32 Å². The summed E-state index contributed by atoms with van der Waals surface area (Å²) in [5.41, 5.74) is 4.97. The van der Waals surface area contributed by atoms with Crippen LogP contribution in [0.25, 0.3) is 5.00 Å². The van der Waals surface area contributed by atoms with Gasteiger partial charge in [0.25, 0.3) is 0 Å². The number of methoxy groups -OCH3 is 1. The minimum Gasteiger partial charge on any atom is -0.469 e. The Kier molecular flexibility index (Phi) is 5.98. The van der Waals surface area contributed by atoms with Crippen molar-refractivity contribution >= 4 is 34.5 Å². The minimum absolute atomic E-state index is 0.0890. The monoisotopic (exact) mass is 489 g/mol. The van der Waals surface area contributed by atoms with Crippen molar-refractivity contribution in [2.24, 2.45) is 4.99 Å². The Morgan fingerprint density at radius 1 is 1.14 bits per heavy atom. The lowest BCUT2D eigenvalue weighted by molar-refractivity contribution is -0.141. The second-order valence-corrected chi connectivity index (χ2v) is 9.62. The lowest BCUT2D eigenvalue weighted by Crippen LogP contribution is -2.12. The van der Waals surface area contributed by atoms with E-state index in [9.17, 15) is 4.79 Å². The van der Waals surface area contributed by atoms with Crippen molar-refractivity contribution in [1.82, 2.24) is 24.5 Å². The molecule has 1 aromatic carbocycles. The molecule has 0 saturated heterocycles. The van der Waals surface area contributed by atoms with Gasteiger partial charge >= 0.3 is 5.97 Å². The first kappa shape index (κ1) is 23.0. The topological polar surface area (TPSA) is 99.2 Å². The maximum absolute atomic E-state index is 12.3. The van der Waals surface area contributed by atoms with Gasteiger partial charge in [-0.15, -0.1) is 21.5 Å². The normalized spacial score (nSPS) is 14.7. The number of rotatable bonds is 6. The van der Waals surface area contributed by atoms with Crippen LogP contribution >= 0.6 is 11.3 Å². The Balaban J connectivity index is 1.61. The third-order valence-electron chi connectivity index (χ3n) is 6.27. The number of hydrogen-bond acceptors (Lipinski definition) is 8. The summed E-state index contributed by atoms with van der Waals surface area (Å²) in [7, 11) is 1.39. The number of nitrogens with zero attached hydrogens (tertiary/aromatic N) is 6. The van der Waals surface area contributed by atoms with Crippen molar-refractivity contribution < 1.29 is 9.53 Å². The van der Waals surface area contributed by atoms with Crippen molar-refractivity contribution in [3.8, 4) is 5.00 Å². The van der Waals surface area contributed by atoms with E-state index in [-0.39, 0.29) is 12.4 Å². The van der Waals surface area contributed by atoms with Crippen LogP contribution in [-0.4, -0.2) is 43.3 Å². The Morgan fingerprint density at radius 2 is 1.91 bits per heavy atom. The van der Waals surface area contributed by atoms with Crippen LogP contribution in [0.4, 0.5) is 11.5 Å². The highest BCUT2D eigenvalue weighted by Crippen LogP contribution is 2.39. The molecule has 0 aliphatic carbocycles. The van der Waals surface area contributed by atoms with Gasteiger partial charge in [0, 0.05) is 34.3 Å². The first-order valence-electron chi connectivity index (χ1n) is 11.5. The largest absolute Gasteiger partial charge is 0.469 e. The summed E-state index contributed by atoms with van der Waals surface area (Å²) < 4.78 is 8.90. The zero-order chi connectivity index (χ0) is 24.7. The third kappa shape index (κ3) is 4.03. The van der Waals surface area contributed by atoms with Gasteiger partial charge in [0.2, 0.25) is 0 Å². The molecular weight excluding hydrogens is 462 g/mol. The Labute approximate surface area is 207 Å². The van der Waals surface area contributed by atoms with E-state index in [1.54, 1.807) is 17.5 Å². The standard InChI is InChI=1S/C25H27N7O2S/c1-6-31-20(11-12-26-31)27-18-9-7-17(8-10-18)23-22-14(2)15(3)35-25(22)32-16(4)29-30-24(32)19(28-23)13-21(33)34-5/h7-12,19,27H,6,13H2,1-5H3/t19-/m0/s1. The SMILES string of the molecule is CCn1nccc1Nc1ccc(C2=N[C@@H](CC(=O)OC)c3nnc(C)n3-c3sc(C)c(C)c32)cc1. The lowest BCUT2D eigenvalue weighted by Gasteiger charge is -2.13. The number of anilines is 2. The van der Waals surface area contributed by atoms with E-state index in [0.29, 0.717) is 5.82 Å². The second kappa shape index (κ2) is 9.10. The number of fused-ring (bicyclic) bond motifs is 3. The number of carbonyl (C=O) groups is 1. The van der Waals surface area contributed by atoms with Gasteiger partial charge in [-0.2, -0.15) is 5.10 Å². The maximum atomic E-state index is 12.3. The third-order valence-corrected chi connectivity index (χ3v) is 7.47. The number of aryl methyl sites for hydroxylation is 3. The van der Waals surface area contributed by atoms with Crippen LogP contribution in [0.1, 0.15) is 52.6 Å². The highest BCUT2D eigenvalue weighted by Gasteiger charge is 2.32. The highest BCUT2D eigenvalue weighted by atomic mass is 32.1. The van der Waals surface area contributed by atoms with Gasteiger partial charge in [-0.1, -0.05) is 12.1 Å². The number of ether oxygens (including phenoxy) is 1. The Hall–Kier alpha value is -3.79. The van der Waals surface area contributed by atoms with Gasteiger partial charge in [0.15, 0.2) is 5.82 Å². The number of hydrogen-bond donors (Lipinski definition) is 1. The molecule has 1 N–H and O–H groups in total. The molecule has 0 unspecified atom stereocenters. The number of benzene rings is 1. The van der Waals surface area contributed by atoms with E-state index in [1.165, 1.54) is 12.0 Å². The molecule has 0 radical (unpaired) electrons. The van der Waals surface area contributed by atoms with Crippen LogP contribution in [0.2, 0.25) is 0 Å². The first-order valence-corrected chi connectivity index (χ1v) is 12.3. The zero-order valence-corrected chi connectivity index (χ0v) is 21.2. The zero-order valence-electron chi connectivity index (χ0n) is 20.4. The van der Waals surface area contributed by atoms with E-state index in [4.69, 9.17) is 9.73 Å². The molecule has 1 aliphatic heterocycles. The number of aliphatic imine (C=N–C) groups is 1. The molecule has 3 aromatic heterocycles. The molecule has 1 atom stereocenters. The van der Waals surface area contributed by atoms with Crippen molar-refractivity contribution in [3.05, 3.63) is 69.7 Å². The van der Waals surface area contributed by atoms with Crippen LogP contribution in [0.5, 0.6) is 0 Å². The highest BCUT2D eigenvalue weighted by molar-refractivity contribution is 7.15. The van der Waals surface area contributed by atoms with Crippen molar-refractivity contribution in [2.45, 2.75) is 46.7 Å². The molecule has 4 aromatic rings. The smallest absolute Gasteiger partial charge is 0.308 e. The van der Waals surface area contributed by atoms with E-state index in [2.05, 4.69) is 53.5 Å². The Bertz CT molecular complexity index is 1430. The van der Waals surface area contributed by atoms with Crippen LogP contribution in [-0.2, 0) is 16.1 Å². The molecule has 4 heterocycles. The number of esters is 1.